The van der Waals surface area contributed by atoms with Crippen molar-refractivity contribution >= 4 is 52.1 Å². The number of hydrogen-bond acceptors (Lipinski definition) is 5. The summed E-state index contributed by atoms with van der Waals surface area (Å²) in [5, 5.41) is 0.982. The third-order valence-electron chi connectivity index (χ3n) is 5.26. The van der Waals surface area contributed by atoms with E-state index in [0.29, 0.717) is 21.6 Å². The van der Waals surface area contributed by atoms with Crippen LogP contribution in [0.4, 0.5) is 9.18 Å². The number of amidine groups is 2. The molecule has 164 valence electrons. The fraction of sp³-hybridized carbons (Fsp3) is 0.227. The van der Waals surface area contributed by atoms with Crippen LogP contribution in [0.15, 0.2) is 53.5 Å². The molecule has 2 heterocycles. The molecule has 2 aromatic rings. The molecule has 1 unspecified atom stereocenters. The molecule has 0 radical (unpaired) electrons. The molecule has 0 aromatic heterocycles. The molecule has 1 saturated heterocycles. The van der Waals surface area contributed by atoms with Crippen molar-refractivity contribution in [1.82, 2.24) is 9.80 Å². The number of likely N-dealkylation sites (N-methyl/N-ethyl adjacent to an activating group) is 2. The van der Waals surface area contributed by atoms with Crippen molar-refractivity contribution in [1.29, 1.82) is 0 Å². The van der Waals surface area contributed by atoms with Crippen LogP contribution in [0.5, 0.6) is 0 Å². The van der Waals surface area contributed by atoms with Gasteiger partial charge in [-0.1, -0.05) is 23.7 Å². The number of thioether (sulfide) groups is 1. The summed E-state index contributed by atoms with van der Waals surface area (Å²) in [6.45, 7) is 0.261. The predicted molar refractivity (Wildman–Crippen MR) is 121 cm³/mol. The monoisotopic (exact) mass is 473 g/mol. The zero-order chi connectivity index (χ0) is 23.0. The van der Waals surface area contributed by atoms with Crippen molar-refractivity contribution in [3.05, 3.63) is 70.5 Å². The van der Waals surface area contributed by atoms with Gasteiger partial charge in [-0.15, -0.1) is 0 Å². The van der Waals surface area contributed by atoms with Gasteiger partial charge in [-0.3, -0.25) is 19.4 Å². The standard InChI is InChI=1S/C22H19ClFN4O3S/c1-26-19-18(20(30)27(2)22(26)31)28(11-13-3-9-16(24)10-4-13)21(25-19)32-12-17(29)14-5-7-15(23)8-6-14/h3-10,18H,11-12H2,1-2H3/q+1. The van der Waals surface area contributed by atoms with Crippen molar-refractivity contribution in [2.24, 2.45) is 4.99 Å². The number of aliphatic imine (C=N–C) groups is 1. The molecular formula is C22H19ClFN4O3S+. The van der Waals surface area contributed by atoms with Crippen LogP contribution in [0.1, 0.15) is 15.9 Å². The third-order valence-corrected chi connectivity index (χ3v) is 6.50. The predicted octanol–water partition coefficient (Wildman–Crippen LogP) is 3.27. The molecule has 1 atom stereocenters. The van der Waals surface area contributed by atoms with E-state index < -0.39 is 18.0 Å². The van der Waals surface area contributed by atoms with Crippen molar-refractivity contribution < 1.29 is 23.3 Å². The first-order valence-electron chi connectivity index (χ1n) is 9.69. The maximum absolute atomic E-state index is 13.4. The molecule has 0 bridgehead atoms. The number of rotatable bonds is 5. The number of benzene rings is 2. The smallest absolute Gasteiger partial charge is 0.293 e. The van der Waals surface area contributed by atoms with Gasteiger partial charge in [0.1, 0.15) is 12.4 Å². The Morgan fingerprint density at radius 1 is 1.09 bits per heavy atom. The Balaban J connectivity index is 1.64. The normalized spacial score (nSPS) is 18.2. The summed E-state index contributed by atoms with van der Waals surface area (Å²) >= 11 is 7.07. The van der Waals surface area contributed by atoms with Gasteiger partial charge in [0, 0.05) is 24.7 Å². The second-order valence-electron chi connectivity index (χ2n) is 7.37. The van der Waals surface area contributed by atoms with Gasteiger partial charge in [-0.2, -0.15) is 0 Å². The van der Waals surface area contributed by atoms with Crippen LogP contribution in [0.3, 0.4) is 0 Å². The zero-order valence-electron chi connectivity index (χ0n) is 17.3. The van der Waals surface area contributed by atoms with Gasteiger partial charge in [-0.05, 0) is 58.7 Å². The average molecular weight is 474 g/mol. The van der Waals surface area contributed by atoms with E-state index in [9.17, 15) is 18.8 Å². The number of Topliss-reactive ketones (excluding diaryl/α,β-unsaturated/α-hetero) is 1. The summed E-state index contributed by atoms with van der Waals surface area (Å²) in [5.41, 5.74) is 1.28. The van der Waals surface area contributed by atoms with Gasteiger partial charge < -0.3 is 0 Å². The molecule has 7 nitrogen and oxygen atoms in total. The first-order valence-corrected chi connectivity index (χ1v) is 11.1. The Morgan fingerprint density at radius 3 is 2.41 bits per heavy atom. The lowest BCUT2D eigenvalue weighted by molar-refractivity contribution is -0.548. The molecule has 32 heavy (non-hydrogen) atoms. The van der Waals surface area contributed by atoms with E-state index in [1.54, 1.807) is 48.0 Å². The molecular weight excluding hydrogens is 455 g/mol. The Morgan fingerprint density at radius 2 is 1.75 bits per heavy atom. The van der Waals surface area contributed by atoms with Crippen molar-refractivity contribution in [2.45, 2.75) is 12.6 Å². The average Bonchev–Trinajstić information content (AvgIpc) is 3.15. The minimum absolute atomic E-state index is 0.0854. The SMILES string of the molecule is CN1C(=O)C2C(=NC(SCC(=O)c3ccc(Cl)cc3)=[N+]2Cc2ccc(F)cc2)N(C)C1=O. The molecule has 2 aliphatic rings. The highest BCUT2D eigenvalue weighted by Crippen LogP contribution is 2.25. The van der Waals surface area contributed by atoms with Crippen molar-refractivity contribution in [3.8, 4) is 0 Å². The number of nitrogens with zero attached hydrogens (tertiary/aromatic N) is 4. The van der Waals surface area contributed by atoms with Crippen LogP contribution >= 0.6 is 23.4 Å². The molecule has 2 aliphatic heterocycles. The number of hydrogen-bond donors (Lipinski definition) is 0. The Labute approximate surface area is 193 Å². The maximum Gasteiger partial charge on any atom is 0.358 e. The van der Waals surface area contributed by atoms with E-state index in [1.807, 2.05) is 0 Å². The van der Waals surface area contributed by atoms with Crippen LogP contribution in [-0.2, 0) is 11.3 Å². The molecule has 0 saturated carbocycles. The summed E-state index contributed by atoms with van der Waals surface area (Å²) < 4.78 is 15.1. The molecule has 0 aliphatic carbocycles. The highest BCUT2D eigenvalue weighted by molar-refractivity contribution is 8.14. The first-order chi connectivity index (χ1) is 15.3. The second kappa shape index (κ2) is 8.84. The Kier molecular flexibility index (Phi) is 6.12. The topological polar surface area (TPSA) is 73.1 Å². The number of carbonyl (C=O) groups excluding carboxylic acids is 3. The number of carbonyl (C=O) groups is 3. The van der Waals surface area contributed by atoms with Gasteiger partial charge in [-0.25, -0.2) is 13.8 Å². The van der Waals surface area contributed by atoms with Crippen LogP contribution < -0.4 is 0 Å². The highest BCUT2D eigenvalue weighted by atomic mass is 35.5. The molecule has 0 spiro atoms. The lowest BCUT2D eigenvalue weighted by Crippen LogP contribution is -2.61. The molecule has 0 N–H and O–H groups in total. The quantitative estimate of drug-likeness (QED) is 0.493. The van der Waals surface area contributed by atoms with Crippen molar-refractivity contribution in [2.75, 3.05) is 19.8 Å². The summed E-state index contributed by atoms with van der Waals surface area (Å²) in [6.07, 6.45) is 0. The van der Waals surface area contributed by atoms with E-state index in [4.69, 9.17) is 11.6 Å². The summed E-state index contributed by atoms with van der Waals surface area (Å²) in [4.78, 5) is 44.9. The number of ketones is 1. The van der Waals surface area contributed by atoms with E-state index in [1.165, 1.54) is 35.8 Å². The Hall–Kier alpha value is -3.04. The van der Waals surface area contributed by atoms with Gasteiger partial charge in [0.2, 0.25) is 0 Å². The number of urea groups is 1. The summed E-state index contributed by atoms with van der Waals surface area (Å²) in [5.74, 6) is -0.501. The molecule has 10 heteroatoms. The van der Waals surface area contributed by atoms with Crippen LogP contribution in [0.2, 0.25) is 5.02 Å². The summed E-state index contributed by atoms with van der Waals surface area (Å²) in [6, 6.07) is 11.2. The first kappa shape index (κ1) is 22.2. The lowest BCUT2D eigenvalue weighted by atomic mass is 10.1. The van der Waals surface area contributed by atoms with Gasteiger partial charge in [0.15, 0.2) is 5.78 Å². The molecule has 3 amide bonds. The molecule has 1 fully saturated rings. The van der Waals surface area contributed by atoms with Crippen LogP contribution in [0.25, 0.3) is 0 Å². The van der Waals surface area contributed by atoms with E-state index in [2.05, 4.69) is 4.99 Å². The minimum atomic E-state index is -0.805. The summed E-state index contributed by atoms with van der Waals surface area (Å²) in [7, 11) is 2.98. The number of halogens is 2. The van der Waals surface area contributed by atoms with Gasteiger partial charge in [0.05, 0.1) is 5.75 Å². The number of amides is 3. The van der Waals surface area contributed by atoms with Crippen LogP contribution in [-0.4, -0.2) is 69.0 Å². The maximum atomic E-state index is 13.4. The largest absolute Gasteiger partial charge is 0.358 e. The zero-order valence-corrected chi connectivity index (χ0v) is 18.9. The highest BCUT2D eigenvalue weighted by Gasteiger charge is 2.53. The van der Waals surface area contributed by atoms with E-state index in [-0.39, 0.29) is 23.9 Å². The third kappa shape index (κ3) is 4.18. The molecule has 4 rings (SSSR count). The van der Waals surface area contributed by atoms with Gasteiger partial charge in [0.25, 0.3) is 17.8 Å². The Bertz CT molecular complexity index is 1160. The fourth-order valence-corrected chi connectivity index (χ4v) is 4.53. The minimum Gasteiger partial charge on any atom is -0.293 e. The fourth-order valence-electron chi connectivity index (χ4n) is 3.49. The number of fused-ring (bicyclic) bond motifs is 1. The second-order valence-corrected chi connectivity index (χ2v) is 8.75. The van der Waals surface area contributed by atoms with Gasteiger partial charge >= 0.3 is 11.2 Å². The van der Waals surface area contributed by atoms with Crippen molar-refractivity contribution in [3.63, 3.8) is 0 Å². The van der Waals surface area contributed by atoms with E-state index in [0.717, 1.165) is 10.5 Å². The number of imide groups is 1. The molecule has 2 aromatic carbocycles. The van der Waals surface area contributed by atoms with E-state index >= 15 is 0 Å². The lowest BCUT2D eigenvalue weighted by Gasteiger charge is -2.30. The van der Waals surface area contributed by atoms with Crippen LogP contribution in [0, 0.1) is 5.82 Å².